The smallest absolute Gasteiger partial charge is 0.253 e. The number of hydrogen-bond acceptors (Lipinski definition) is 3. The number of nitrogens with zero attached hydrogens (tertiary/aromatic N) is 1. The number of rotatable bonds is 8. The van der Waals surface area contributed by atoms with Gasteiger partial charge in [0, 0.05) is 30.9 Å². The molecule has 0 radical (unpaired) electrons. The zero-order valence-corrected chi connectivity index (χ0v) is 14.7. The molecule has 1 rings (SSSR count). The summed E-state index contributed by atoms with van der Waals surface area (Å²) < 4.78 is 0. The molecule has 0 spiro atoms. The minimum Gasteiger partial charge on any atom is -0.339 e. The zero-order chi connectivity index (χ0) is 17.5. The van der Waals surface area contributed by atoms with Crippen LogP contribution in [0.5, 0.6) is 0 Å². The average molecular weight is 319 g/mol. The molecule has 0 atom stereocenters. The van der Waals surface area contributed by atoms with E-state index in [1.165, 1.54) is 0 Å². The van der Waals surface area contributed by atoms with E-state index in [9.17, 15) is 9.59 Å². The van der Waals surface area contributed by atoms with Crippen molar-refractivity contribution in [2.24, 2.45) is 11.1 Å². The molecule has 0 saturated heterocycles. The lowest BCUT2D eigenvalue weighted by atomic mass is 9.81. The van der Waals surface area contributed by atoms with Crippen LogP contribution >= 0.6 is 0 Å². The van der Waals surface area contributed by atoms with Gasteiger partial charge in [-0.15, -0.1) is 0 Å². The third-order valence-electron chi connectivity index (χ3n) is 4.64. The molecule has 0 saturated carbocycles. The van der Waals surface area contributed by atoms with Crippen molar-refractivity contribution < 1.29 is 9.59 Å². The lowest BCUT2D eigenvalue weighted by Gasteiger charge is -2.28. The van der Waals surface area contributed by atoms with Crippen molar-refractivity contribution in [2.75, 3.05) is 25.0 Å². The van der Waals surface area contributed by atoms with Crippen LogP contribution < -0.4 is 11.1 Å². The number of anilines is 1. The van der Waals surface area contributed by atoms with E-state index in [4.69, 9.17) is 5.73 Å². The van der Waals surface area contributed by atoms with Gasteiger partial charge >= 0.3 is 0 Å². The molecule has 0 fully saturated rings. The largest absolute Gasteiger partial charge is 0.339 e. The number of nitrogens with one attached hydrogen (secondary N) is 1. The molecule has 0 heterocycles. The van der Waals surface area contributed by atoms with Crippen LogP contribution in [-0.4, -0.2) is 36.3 Å². The summed E-state index contributed by atoms with van der Waals surface area (Å²) in [5, 5.41) is 2.92. The molecule has 0 aliphatic heterocycles. The van der Waals surface area contributed by atoms with Crippen molar-refractivity contribution >= 4 is 17.5 Å². The first kappa shape index (κ1) is 19.2. The maximum Gasteiger partial charge on any atom is 0.253 e. The van der Waals surface area contributed by atoms with Gasteiger partial charge in [0.05, 0.1) is 5.41 Å². The number of carbonyl (C=O) groups excluding carboxylic acids is 2. The highest BCUT2D eigenvalue weighted by Crippen LogP contribution is 2.27. The van der Waals surface area contributed by atoms with Gasteiger partial charge in [0.15, 0.2) is 0 Å². The Morgan fingerprint density at radius 1 is 1.13 bits per heavy atom. The molecule has 23 heavy (non-hydrogen) atoms. The zero-order valence-electron chi connectivity index (χ0n) is 14.7. The Bertz CT molecular complexity index is 527. The Balaban J connectivity index is 2.97. The summed E-state index contributed by atoms with van der Waals surface area (Å²) in [6.07, 6.45) is 1.37. The van der Waals surface area contributed by atoms with Gasteiger partial charge in [0.25, 0.3) is 5.91 Å². The van der Waals surface area contributed by atoms with Gasteiger partial charge in [-0.25, -0.2) is 0 Å². The van der Waals surface area contributed by atoms with Crippen LogP contribution in [0.3, 0.4) is 0 Å². The number of benzene rings is 1. The minimum absolute atomic E-state index is 0.0258. The van der Waals surface area contributed by atoms with Crippen LogP contribution in [0.2, 0.25) is 0 Å². The highest BCUT2D eigenvalue weighted by atomic mass is 16.2. The van der Waals surface area contributed by atoms with Gasteiger partial charge in [-0.05, 0) is 44.9 Å². The molecule has 2 amide bonds. The van der Waals surface area contributed by atoms with Crippen LogP contribution in [0.4, 0.5) is 5.69 Å². The second kappa shape index (κ2) is 8.67. The van der Waals surface area contributed by atoms with E-state index < -0.39 is 5.41 Å². The molecule has 5 nitrogen and oxygen atoms in total. The second-order valence-electron chi connectivity index (χ2n) is 5.70. The van der Waals surface area contributed by atoms with Crippen LogP contribution in [0.15, 0.2) is 24.3 Å². The Hall–Kier alpha value is -1.88. The molecule has 0 aromatic heterocycles. The summed E-state index contributed by atoms with van der Waals surface area (Å²) in [6, 6.07) is 7.08. The topological polar surface area (TPSA) is 75.4 Å². The van der Waals surface area contributed by atoms with E-state index in [0.29, 0.717) is 43.7 Å². The third-order valence-corrected chi connectivity index (χ3v) is 4.64. The summed E-state index contributed by atoms with van der Waals surface area (Å²) in [6.45, 7) is 9.47. The first-order chi connectivity index (χ1) is 11.0. The Morgan fingerprint density at radius 3 is 2.22 bits per heavy atom. The summed E-state index contributed by atoms with van der Waals surface area (Å²) in [5.74, 6) is -0.111. The predicted molar refractivity (Wildman–Crippen MR) is 94.4 cm³/mol. The molecule has 0 unspecified atom stereocenters. The average Bonchev–Trinajstić information content (AvgIpc) is 2.58. The van der Waals surface area contributed by atoms with Crippen molar-refractivity contribution in [1.82, 2.24) is 4.90 Å². The van der Waals surface area contributed by atoms with E-state index in [2.05, 4.69) is 5.32 Å². The molecule has 1 aromatic carbocycles. The summed E-state index contributed by atoms with van der Waals surface area (Å²) in [7, 11) is 0. The molecular weight excluding hydrogens is 290 g/mol. The molecule has 0 aliphatic rings. The number of amides is 2. The quantitative estimate of drug-likeness (QED) is 0.773. The van der Waals surface area contributed by atoms with Gasteiger partial charge in [-0.2, -0.15) is 0 Å². The second-order valence-corrected chi connectivity index (χ2v) is 5.70. The van der Waals surface area contributed by atoms with Gasteiger partial charge in [0.2, 0.25) is 5.91 Å². The van der Waals surface area contributed by atoms with E-state index >= 15 is 0 Å². The van der Waals surface area contributed by atoms with Crippen molar-refractivity contribution in [2.45, 2.75) is 40.5 Å². The van der Waals surface area contributed by atoms with Gasteiger partial charge in [0.1, 0.15) is 0 Å². The molecule has 3 N–H and O–H groups in total. The van der Waals surface area contributed by atoms with Gasteiger partial charge < -0.3 is 16.0 Å². The monoisotopic (exact) mass is 319 g/mol. The van der Waals surface area contributed by atoms with Crippen molar-refractivity contribution in [3.63, 3.8) is 0 Å². The Labute approximate surface area is 139 Å². The maximum atomic E-state index is 12.6. The first-order valence-corrected chi connectivity index (χ1v) is 8.38. The lowest BCUT2D eigenvalue weighted by Crippen LogP contribution is -2.41. The van der Waals surface area contributed by atoms with Crippen LogP contribution in [0.25, 0.3) is 0 Å². The Morgan fingerprint density at radius 2 is 1.74 bits per heavy atom. The first-order valence-electron chi connectivity index (χ1n) is 8.38. The van der Waals surface area contributed by atoms with Crippen molar-refractivity contribution in [3.8, 4) is 0 Å². The molecule has 1 aromatic rings. The summed E-state index contributed by atoms with van der Waals surface area (Å²) >= 11 is 0. The summed E-state index contributed by atoms with van der Waals surface area (Å²) in [4.78, 5) is 26.7. The number of hydrogen-bond donors (Lipinski definition) is 2. The number of nitrogens with two attached hydrogens (primary N) is 1. The maximum absolute atomic E-state index is 12.6. The third kappa shape index (κ3) is 4.32. The standard InChI is InChI=1S/C18H29N3O2/c1-5-18(6-2,13-19)17(23)20-15-11-9-10-14(12-15)16(22)21(7-3)8-4/h9-12H,5-8,13,19H2,1-4H3,(H,20,23). The van der Waals surface area contributed by atoms with Gasteiger partial charge in [-0.3, -0.25) is 9.59 Å². The van der Waals surface area contributed by atoms with E-state index in [1.54, 1.807) is 29.2 Å². The predicted octanol–water partition coefficient (Wildman–Crippen LogP) is 2.87. The van der Waals surface area contributed by atoms with Crippen molar-refractivity contribution in [3.05, 3.63) is 29.8 Å². The van der Waals surface area contributed by atoms with Crippen LogP contribution in [0, 0.1) is 5.41 Å². The normalized spacial score (nSPS) is 11.2. The number of carbonyl (C=O) groups is 2. The van der Waals surface area contributed by atoms with Crippen LogP contribution in [-0.2, 0) is 4.79 Å². The fourth-order valence-electron chi connectivity index (χ4n) is 2.64. The fourth-order valence-corrected chi connectivity index (χ4v) is 2.64. The van der Waals surface area contributed by atoms with E-state index in [1.807, 2.05) is 27.7 Å². The van der Waals surface area contributed by atoms with E-state index in [0.717, 1.165) is 0 Å². The van der Waals surface area contributed by atoms with Gasteiger partial charge in [-0.1, -0.05) is 19.9 Å². The van der Waals surface area contributed by atoms with Crippen LogP contribution in [0.1, 0.15) is 50.9 Å². The highest BCUT2D eigenvalue weighted by Gasteiger charge is 2.33. The highest BCUT2D eigenvalue weighted by molar-refractivity contribution is 5.98. The summed E-state index contributed by atoms with van der Waals surface area (Å²) in [5.41, 5.74) is 6.47. The fraction of sp³-hybridized carbons (Fsp3) is 0.556. The molecular formula is C18H29N3O2. The van der Waals surface area contributed by atoms with Crippen molar-refractivity contribution in [1.29, 1.82) is 0 Å². The SMILES string of the molecule is CCN(CC)C(=O)c1cccc(NC(=O)C(CC)(CC)CN)c1. The Kier molecular flexibility index (Phi) is 7.23. The van der Waals surface area contributed by atoms with E-state index in [-0.39, 0.29) is 11.8 Å². The molecule has 128 valence electrons. The molecule has 0 bridgehead atoms. The molecule has 0 aliphatic carbocycles. The minimum atomic E-state index is -0.557. The lowest BCUT2D eigenvalue weighted by molar-refractivity contribution is -0.125. The molecule has 5 heteroatoms.